The lowest BCUT2D eigenvalue weighted by Gasteiger charge is -2.28. The van der Waals surface area contributed by atoms with Crippen molar-refractivity contribution in [2.45, 2.75) is 71.1 Å². The molecule has 2 rings (SSSR count). The number of hydrogen-bond acceptors (Lipinski definition) is 2. The third-order valence-corrected chi connectivity index (χ3v) is 5.55. The average Bonchev–Trinajstić information content (AvgIpc) is 2.54. The number of methoxy groups -OCH3 is 1. The zero-order valence-electron chi connectivity index (χ0n) is 13.9. The summed E-state index contributed by atoms with van der Waals surface area (Å²) in [5.41, 5.74) is 0. The lowest BCUT2D eigenvalue weighted by atomic mass is 9.78. The summed E-state index contributed by atoms with van der Waals surface area (Å²) in [6, 6.07) is 0. The van der Waals surface area contributed by atoms with Crippen molar-refractivity contribution in [2.75, 3.05) is 7.11 Å². The van der Waals surface area contributed by atoms with Crippen molar-refractivity contribution in [1.29, 1.82) is 0 Å². The third-order valence-electron chi connectivity index (χ3n) is 5.55. The predicted molar refractivity (Wildman–Crippen MR) is 87.0 cm³/mol. The molecule has 0 aromatic heterocycles. The van der Waals surface area contributed by atoms with Crippen molar-refractivity contribution in [3.63, 3.8) is 0 Å². The highest BCUT2D eigenvalue weighted by molar-refractivity contribution is 5.72. The standard InChI is InChI=1S/C19H32O2/c1-3-4-15-5-7-16(8-6-15)9-10-17-11-13-18(14-12-17)19(20)21-2/h9-10,15-18H,3-8,11-14H2,1-2H3/b10-9+. The molecular formula is C19H32O2. The van der Waals surface area contributed by atoms with Gasteiger partial charge in [-0.05, 0) is 69.1 Å². The minimum absolute atomic E-state index is 0.00771. The minimum Gasteiger partial charge on any atom is -0.469 e. The number of rotatable bonds is 5. The average molecular weight is 292 g/mol. The van der Waals surface area contributed by atoms with Crippen LogP contribution in [-0.2, 0) is 9.53 Å². The number of esters is 1. The molecule has 2 aliphatic carbocycles. The first kappa shape index (κ1) is 16.6. The fourth-order valence-corrected chi connectivity index (χ4v) is 4.11. The Bertz CT molecular complexity index is 331. The second-order valence-electron chi connectivity index (χ2n) is 7.09. The molecule has 0 aromatic carbocycles. The topological polar surface area (TPSA) is 26.3 Å². The Morgan fingerprint density at radius 3 is 1.95 bits per heavy atom. The Morgan fingerprint density at radius 2 is 1.48 bits per heavy atom. The largest absolute Gasteiger partial charge is 0.469 e. The van der Waals surface area contributed by atoms with E-state index in [4.69, 9.17) is 4.74 Å². The van der Waals surface area contributed by atoms with Crippen LogP contribution in [0.25, 0.3) is 0 Å². The monoisotopic (exact) mass is 292 g/mol. The van der Waals surface area contributed by atoms with E-state index in [9.17, 15) is 4.79 Å². The SMILES string of the molecule is CCCC1CCC(/C=C/C2CCC(C(=O)OC)CC2)CC1. The first-order chi connectivity index (χ1) is 10.2. The van der Waals surface area contributed by atoms with Gasteiger partial charge in [0.1, 0.15) is 0 Å². The molecule has 0 heterocycles. The van der Waals surface area contributed by atoms with E-state index in [1.54, 1.807) is 0 Å². The maximum Gasteiger partial charge on any atom is 0.308 e. The molecule has 0 aliphatic heterocycles. The van der Waals surface area contributed by atoms with Gasteiger partial charge in [-0.25, -0.2) is 0 Å². The highest BCUT2D eigenvalue weighted by Gasteiger charge is 2.26. The third kappa shape index (κ3) is 5.16. The van der Waals surface area contributed by atoms with Crippen LogP contribution in [0, 0.1) is 23.7 Å². The van der Waals surface area contributed by atoms with Gasteiger partial charge in [0.2, 0.25) is 0 Å². The Kier molecular flexibility index (Phi) is 6.79. The molecule has 0 amide bonds. The number of carbonyl (C=O) groups is 1. The van der Waals surface area contributed by atoms with Crippen LogP contribution in [0.3, 0.4) is 0 Å². The van der Waals surface area contributed by atoms with Gasteiger partial charge in [0.25, 0.3) is 0 Å². The molecule has 2 aliphatic rings. The van der Waals surface area contributed by atoms with Gasteiger partial charge in [-0.3, -0.25) is 4.79 Å². The number of allylic oxidation sites excluding steroid dienone is 2. The van der Waals surface area contributed by atoms with Crippen molar-refractivity contribution in [3.8, 4) is 0 Å². The Morgan fingerprint density at radius 1 is 0.952 bits per heavy atom. The van der Waals surface area contributed by atoms with Crippen LogP contribution >= 0.6 is 0 Å². The van der Waals surface area contributed by atoms with Crippen LogP contribution in [0.1, 0.15) is 71.1 Å². The molecule has 2 nitrogen and oxygen atoms in total. The Labute approximate surface area is 130 Å². The molecule has 21 heavy (non-hydrogen) atoms. The summed E-state index contributed by atoms with van der Waals surface area (Å²) in [7, 11) is 1.50. The summed E-state index contributed by atoms with van der Waals surface area (Å²) in [6.07, 6.45) is 17.7. The van der Waals surface area contributed by atoms with E-state index < -0.39 is 0 Å². The van der Waals surface area contributed by atoms with Crippen LogP contribution in [0.5, 0.6) is 0 Å². The van der Waals surface area contributed by atoms with Gasteiger partial charge in [0.15, 0.2) is 0 Å². The van der Waals surface area contributed by atoms with Crippen molar-refractivity contribution < 1.29 is 9.53 Å². The zero-order valence-corrected chi connectivity index (χ0v) is 13.9. The molecule has 0 bridgehead atoms. The molecule has 2 saturated carbocycles. The predicted octanol–water partition coefficient (Wildman–Crippen LogP) is 5.13. The van der Waals surface area contributed by atoms with Crippen LogP contribution in [0.15, 0.2) is 12.2 Å². The molecule has 0 aromatic rings. The number of hydrogen-bond donors (Lipinski definition) is 0. The van der Waals surface area contributed by atoms with Gasteiger partial charge >= 0.3 is 5.97 Å². The van der Waals surface area contributed by atoms with E-state index in [0.717, 1.165) is 37.5 Å². The molecule has 2 fully saturated rings. The summed E-state index contributed by atoms with van der Waals surface area (Å²) in [5, 5.41) is 0. The van der Waals surface area contributed by atoms with Crippen LogP contribution in [0.4, 0.5) is 0 Å². The first-order valence-electron chi connectivity index (χ1n) is 8.99. The second-order valence-corrected chi connectivity index (χ2v) is 7.09. The van der Waals surface area contributed by atoms with E-state index in [2.05, 4.69) is 19.1 Å². The lowest BCUT2D eigenvalue weighted by Crippen LogP contribution is -2.22. The maximum atomic E-state index is 11.5. The van der Waals surface area contributed by atoms with E-state index in [1.807, 2.05) is 0 Å². The van der Waals surface area contributed by atoms with Gasteiger partial charge in [-0.15, -0.1) is 0 Å². The lowest BCUT2D eigenvalue weighted by molar-refractivity contribution is -0.146. The smallest absolute Gasteiger partial charge is 0.308 e. The molecule has 0 spiro atoms. The molecule has 120 valence electrons. The molecule has 0 atom stereocenters. The second kappa shape index (κ2) is 8.60. The van der Waals surface area contributed by atoms with E-state index in [-0.39, 0.29) is 11.9 Å². The van der Waals surface area contributed by atoms with Crippen LogP contribution in [-0.4, -0.2) is 13.1 Å². The Hall–Kier alpha value is -0.790. The minimum atomic E-state index is -0.00771. The molecule has 0 N–H and O–H groups in total. The van der Waals surface area contributed by atoms with Gasteiger partial charge < -0.3 is 4.74 Å². The highest BCUT2D eigenvalue weighted by Crippen LogP contribution is 2.34. The maximum absolute atomic E-state index is 11.5. The van der Waals surface area contributed by atoms with Crippen molar-refractivity contribution >= 4 is 5.97 Å². The van der Waals surface area contributed by atoms with Crippen molar-refractivity contribution in [1.82, 2.24) is 0 Å². The molecule has 0 saturated heterocycles. The van der Waals surface area contributed by atoms with Crippen LogP contribution < -0.4 is 0 Å². The fourth-order valence-electron chi connectivity index (χ4n) is 4.11. The molecule has 0 unspecified atom stereocenters. The van der Waals surface area contributed by atoms with Crippen molar-refractivity contribution in [2.24, 2.45) is 23.7 Å². The summed E-state index contributed by atoms with van der Waals surface area (Å²) < 4.78 is 4.85. The normalized spacial score (nSPS) is 34.0. The zero-order chi connectivity index (χ0) is 15.1. The van der Waals surface area contributed by atoms with Gasteiger partial charge in [-0.1, -0.05) is 31.9 Å². The molecule has 0 radical (unpaired) electrons. The molecular weight excluding hydrogens is 260 g/mol. The molecule has 2 heteroatoms. The van der Waals surface area contributed by atoms with E-state index in [0.29, 0.717) is 5.92 Å². The summed E-state index contributed by atoms with van der Waals surface area (Å²) in [4.78, 5) is 11.5. The summed E-state index contributed by atoms with van der Waals surface area (Å²) >= 11 is 0. The van der Waals surface area contributed by atoms with Gasteiger partial charge in [0.05, 0.1) is 13.0 Å². The van der Waals surface area contributed by atoms with Gasteiger partial charge in [0, 0.05) is 0 Å². The quantitative estimate of drug-likeness (QED) is 0.519. The van der Waals surface area contributed by atoms with Crippen molar-refractivity contribution in [3.05, 3.63) is 12.2 Å². The number of ether oxygens (including phenoxy) is 1. The summed E-state index contributed by atoms with van der Waals surface area (Å²) in [5.74, 6) is 2.65. The highest BCUT2D eigenvalue weighted by atomic mass is 16.5. The first-order valence-corrected chi connectivity index (χ1v) is 8.99. The Balaban J connectivity index is 1.68. The van der Waals surface area contributed by atoms with E-state index >= 15 is 0 Å². The fraction of sp³-hybridized carbons (Fsp3) is 0.842. The van der Waals surface area contributed by atoms with E-state index in [1.165, 1.54) is 45.6 Å². The van der Waals surface area contributed by atoms with Crippen LogP contribution in [0.2, 0.25) is 0 Å². The number of carbonyl (C=O) groups excluding carboxylic acids is 1. The van der Waals surface area contributed by atoms with Gasteiger partial charge in [-0.2, -0.15) is 0 Å². The summed E-state index contributed by atoms with van der Waals surface area (Å²) in [6.45, 7) is 2.30.